The van der Waals surface area contributed by atoms with Gasteiger partial charge in [0.2, 0.25) is 0 Å². The SMILES string of the molecule is COC(=O)c1ccc(/C=C/C(=O)OCC(=O)NCc2ccccc2OC)cc1. The minimum atomic E-state index is -0.649. The molecule has 0 saturated carbocycles. The van der Waals surface area contributed by atoms with Gasteiger partial charge in [-0.1, -0.05) is 30.3 Å². The number of carbonyl (C=O) groups is 3. The lowest BCUT2D eigenvalue weighted by molar-refractivity contribution is -0.143. The Balaban J connectivity index is 1.77. The molecule has 0 aromatic heterocycles. The van der Waals surface area contributed by atoms with Gasteiger partial charge in [-0.2, -0.15) is 0 Å². The van der Waals surface area contributed by atoms with Crippen LogP contribution in [0, 0.1) is 0 Å². The highest BCUT2D eigenvalue weighted by atomic mass is 16.5. The zero-order valence-corrected chi connectivity index (χ0v) is 15.6. The van der Waals surface area contributed by atoms with E-state index in [1.165, 1.54) is 19.3 Å². The van der Waals surface area contributed by atoms with E-state index in [0.29, 0.717) is 16.9 Å². The fraction of sp³-hybridized carbons (Fsp3) is 0.190. The zero-order valence-electron chi connectivity index (χ0n) is 15.6. The molecule has 0 atom stereocenters. The van der Waals surface area contributed by atoms with Crippen molar-refractivity contribution in [2.75, 3.05) is 20.8 Å². The second-order valence-corrected chi connectivity index (χ2v) is 5.64. The van der Waals surface area contributed by atoms with Gasteiger partial charge in [-0.25, -0.2) is 9.59 Å². The number of para-hydroxylation sites is 1. The topological polar surface area (TPSA) is 90.9 Å². The van der Waals surface area contributed by atoms with Gasteiger partial charge < -0.3 is 19.5 Å². The molecule has 2 aromatic carbocycles. The molecule has 7 heteroatoms. The van der Waals surface area contributed by atoms with Crippen LogP contribution < -0.4 is 10.1 Å². The van der Waals surface area contributed by atoms with Gasteiger partial charge in [-0.15, -0.1) is 0 Å². The molecule has 1 amide bonds. The van der Waals surface area contributed by atoms with Crippen molar-refractivity contribution < 1.29 is 28.6 Å². The third-order valence-corrected chi connectivity index (χ3v) is 3.76. The second kappa shape index (κ2) is 10.5. The van der Waals surface area contributed by atoms with Gasteiger partial charge in [0.25, 0.3) is 5.91 Å². The van der Waals surface area contributed by atoms with E-state index in [2.05, 4.69) is 10.1 Å². The van der Waals surface area contributed by atoms with E-state index in [1.807, 2.05) is 18.2 Å². The van der Waals surface area contributed by atoms with Crippen LogP contribution >= 0.6 is 0 Å². The molecule has 2 aromatic rings. The lowest BCUT2D eigenvalue weighted by Crippen LogP contribution is -2.28. The Bertz CT molecular complexity index is 857. The van der Waals surface area contributed by atoms with Gasteiger partial charge in [0.15, 0.2) is 6.61 Å². The smallest absolute Gasteiger partial charge is 0.337 e. The van der Waals surface area contributed by atoms with Gasteiger partial charge in [-0.3, -0.25) is 4.79 Å². The van der Waals surface area contributed by atoms with E-state index in [4.69, 9.17) is 9.47 Å². The first kappa shape index (κ1) is 20.7. The van der Waals surface area contributed by atoms with Crippen LogP contribution in [0.1, 0.15) is 21.5 Å². The number of rotatable bonds is 8. The molecular formula is C21H21NO6. The van der Waals surface area contributed by atoms with Crippen molar-refractivity contribution in [3.05, 3.63) is 71.3 Å². The number of methoxy groups -OCH3 is 2. The zero-order chi connectivity index (χ0) is 20.4. The van der Waals surface area contributed by atoms with E-state index in [1.54, 1.807) is 37.4 Å². The maximum Gasteiger partial charge on any atom is 0.337 e. The molecule has 0 spiro atoms. The first-order chi connectivity index (χ1) is 13.5. The Morgan fingerprint density at radius 2 is 1.71 bits per heavy atom. The number of hydrogen-bond donors (Lipinski definition) is 1. The summed E-state index contributed by atoms with van der Waals surface area (Å²) >= 11 is 0. The molecule has 0 saturated heterocycles. The summed E-state index contributed by atoms with van der Waals surface area (Å²) in [6, 6.07) is 13.8. The van der Waals surface area contributed by atoms with Crippen LogP contribution in [-0.4, -0.2) is 38.7 Å². The van der Waals surface area contributed by atoms with Crippen LogP contribution in [0.2, 0.25) is 0 Å². The van der Waals surface area contributed by atoms with E-state index in [9.17, 15) is 14.4 Å². The lowest BCUT2D eigenvalue weighted by Gasteiger charge is -2.09. The Morgan fingerprint density at radius 1 is 1.00 bits per heavy atom. The fourth-order valence-corrected chi connectivity index (χ4v) is 2.29. The molecule has 2 rings (SSSR count). The Kier molecular flexibility index (Phi) is 7.77. The number of esters is 2. The highest BCUT2D eigenvalue weighted by molar-refractivity contribution is 5.91. The van der Waals surface area contributed by atoms with Gasteiger partial charge in [0.1, 0.15) is 5.75 Å². The monoisotopic (exact) mass is 383 g/mol. The summed E-state index contributed by atoms with van der Waals surface area (Å²) in [5.74, 6) is -0.838. The summed E-state index contributed by atoms with van der Waals surface area (Å²) in [6.07, 6.45) is 2.73. The number of ether oxygens (including phenoxy) is 3. The minimum Gasteiger partial charge on any atom is -0.496 e. The van der Waals surface area contributed by atoms with Crippen molar-refractivity contribution in [3.63, 3.8) is 0 Å². The summed E-state index contributed by atoms with van der Waals surface area (Å²) in [5.41, 5.74) is 1.93. The molecule has 0 aliphatic carbocycles. The average molecular weight is 383 g/mol. The molecule has 1 N–H and O–H groups in total. The highest BCUT2D eigenvalue weighted by Crippen LogP contribution is 2.16. The molecule has 0 fully saturated rings. The molecule has 0 bridgehead atoms. The first-order valence-electron chi connectivity index (χ1n) is 8.45. The fourth-order valence-electron chi connectivity index (χ4n) is 2.29. The van der Waals surface area contributed by atoms with Crippen LogP contribution in [0.4, 0.5) is 0 Å². The van der Waals surface area contributed by atoms with E-state index < -0.39 is 17.8 Å². The number of benzene rings is 2. The van der Waals surface area contributed by atoms with Crippen molar-refractivity contribution in [1.29, 1.82) is 0 Å². The van der Waals surface area contributed by atoms with Crippen molar-refractivity contribution in [1.82, 2.24) is 5.32 Å². The Morgan fingerprint density at radius 3 is 2.39 bits per heavy atom. The standard InChI is InChI=1S/C21H21NO6/c1-26-18-6-4-3-5-17(18)13-22-19(23)14-28-20(24)12-9-15-7-10-16(11-8-15)21(25)27-2/h3-12H,13-14H2,1-2H3,(H,22,23)/b12-9+. The molecule has 7 nitrogen and oxygen atoms in total. The van der Waals surface area contributed by atoms with Gasteiger partial charge >= 0.3 is 11.9 Å². The summed E-state index contributed by atoms with van der Waals surface area (Å²) in [7, 11) is 2.86. The van der Waals surface area contributed by atoms with Crippen molar-refractivity contribution in [2.45, 2.75) is 6.54 Å². The molecule has 0 heterocycles. The van der Waals surface area contributed by atoms with Crippen LogP contribution in [0.25, 0.3) is 6.08 Å². The van der Waals surface area contributed by atoms with Crippen LogP contribution in [0.3, 0.4) is 0 Å². The average Bonchev–Trinajstić information content (AvgIpc) is 2.74. The summed E-state index contributed by atoms with van der Waals surface area (Å²) in [4.78, 5) is 34.9. The molecule has 28 heavy (non-hydrogen) atoms. The van der Waals surface area contributed by atoms with Gasteiger partial charge in [0.05, 0.1) is 19.8 Å². The van der Waals surface area contributed by atoms with Crippen LogP contribution in [0.5, 0.6) is 5.75 Å². The predicted octanol–water partition coefficient (Wildman–Crippen LogP) is 2.35. The van der Waals surface area contributed by atoms with Crippen molar-refractivity contribution >= 4 is 23.9 Å². The summed E-state index contributed by atoms with van der Waals surface area (Å²) < 4.78 is 14.7. The number of nitrogens with one attached hydrogen (secondary N) is 1. The number of hydrogen-bond acceptors (Lipinski definition) is 6. The molecule has 0 aliphatic heterocycles. The predicted molar refractivity (Wildman–Crippen MR) is 103 cm³/mol. The Hall–Kier alpha value is -3.61. The molecule has 0 unspecified atom stereocenters. The van der Waals surface area contributed by atoms with E-state index in [0.717, 1.165) is 5.56 Å². The van der Waals surface area contributed by atoms with E-state index >= 15 is 0 Å². The van der Waals surface area contributed by atoms with Crippen molar-refractivity contribution in [3.8, 4) is 5.75 Å². The second-order valence-electron chi connectivity index (χ2n) is 5.64. The van der Waals surface area contributed by atoms with Gasteiger partial charge in [0, 0.05) is 18.2 Å². The maximum atomic E-state index is 11.8. The summed E-state index contributed by atoms with van der Waals surface area (Å²) in [6.45, 7) is -0.123. The molecular weight excluding hydrogens is 362 g/mol. The minimum absolute atomic E-state index is 0.267. The van der Waals surface area contributed by atoms with Gasteiger partial charge in [-0.05, 0) is 29.8 Å². The summed E-state index contributed by atoms with van der Waals surface area (Å²) in [5, 5.41) is 2.66. The van der Waals surface area contributed by atoms with Crippen LogP contribution in [0.15, 0.2) is 54.6 Å². The highest BCUT2D eigenvalue weighted by Gasteiger charge is 2.07. The largest absolute Gasteiger partial charge is 0.496 e. The Labute approximate surface area is 162 Å². The number of amides is 1. The molecule has 0 aliphatic rings. The van der Waals surface area contributed by atoms with Crippen molar-refractivity contribution in [2.24, 2.45) is 0 Å². The molecule has 146 valence electrons. The normalized spacial score (nSPS) is 10.4. The maximum absolute atomic E-state index is 11.8. The third kappa shape index (κ3) is 6.28. The quantitative estimate of drug-likeness (QED) is 0.556. The van der Waals surface area contributed by atoms with E-state index in [-0.39, 0.29) is 13.2 Å². The lowest BCUT2D eigenvalue weighted by atomic mass is 10.1. The van der Waals surface area contributed by atoms with Crippen LogP contribution in [-0.2, 0) is 25.6 Å². The third-order valence-electron chi connectivity index (χ3n) is 3.76. The molecule has 0 radical (unpaired) electrons. The number of carbonyl (C=O) groups excluding carboxylic acids is 3. The first-order valence-corrected chi connectivity index (χ1v) is 8.45.